The highest BCUT2D eigenvalue weighted by atomic mass is 79.9. The Morgan fingerprint density at radius 2 is 1.67 bits per heavy atom. The number of halogens is 7. The maximum absolute atomic E-state index is 12.4. The van der Waals surface area contributed by atoms with Crippen LogP contribution in [0.4, 0.5) is 26.3 Å². The fourth-order valence-corrected chi connectivity index (χ4v) is 1.90. The van der Waals surface area contributed by atoms with Crippen molar-refractivity contribution >= 4 is 15.9 Å². The van der Waals surface area contributed by atoms with Gasteiger partial charge >= 0.3 is 12.4 Å². The number of benzene rings is 1. The average molecular weight is 336 g/mol. The normalized spacial score (nSPS) is 14.7. The summed E-state index contributed by atoms with van der Waals surface area (Å²) in [5.41, 5.74) is 4.03. The summed E-state index contributed by atoms with van der Waals surface area (Å²) >= 11 is 2.89. The Balaban J connectivity index is 3.08. The zero-order valence-electron chi connectivity index (χ0n) is 8.74. The van der Waals surface area contributed by atoms with E-state index in [9.17, 15) is 26.3 Å². The van der Waals surface area contributed by atoms with Crippen LogP contribution in [0.2, 0.25) is 0 Å². The van der Waals surface area contributed by atoms with E-state index < -0.39 is 30.4 Å². The second-order valence-corrected chi connectivity index (χ2v) is 4.51. The number of rotatable bonds is 2. The summed E-state index contributed by atoms with van der Waals surface area (Å²) in [7, 11) is 0. The smallest absolute Gasteiger partial charge is 0.324 e. The molecule has 0 heterocycles. The summed E-state index contributed by atoms with van der Waals surface area (Å²) < 4.78 is 73.8. The lowest BCUT2D eigenvalue weighted by molar-refractivity contribution is -0.138. The molecular weight excluding hydrogens is 328 g/mol. The van der Waals surface area contributed by atoms with E-state index in [-0.39, 0.29) is 10.0 Å². The van der Waals surface area contributed by atoms with Crippen LogP contribution in [0.15, 0.2) is 22.7 Å². The number of hydrogen-bond donors (Lipinski definition) is 1. The van der Waals surface area contributed by atoms with Crippen molar-refractivity contribution in [2.24, 2.45) is 5.73 Å². The van der Waals surface area contributed by atoms with Gasteiger partial charge in [-0.1, -0.05) is 15.9 Å². The third-order valence-corrected chi connectivity index (χ3v) is 2.90. The van der Waals surface area contributed by atoms with Gasteiger partial charge in [0.25, 0.3) is 0 Å². The van der Waals surface area contributed by atoms with Gasteiger partial charge in [0.2, 0.25) is 0 Å². The van der Waals surface area contributed by atoms with Gasteiger partial charge in [-0.2, -0.15) is 26.3 Å². The van der Waals surface area contributed by atoms with E-state index in [1.807, 2.05) is 0 Å². The molecule has 1 aromatic rings. The van der Waals surface area contributed by atoms with Crippen LogP contribution in [0, 0.1) is 0 Å². The number of nitrogens with two attached hydrogens (primary N) is 1. The Morgan fingerprint density at radius 1 is 1.11 bits per heavy atom. The topological polar surface area (TPSA) is 26.0 Å². The number of alkyl halides is 6. The van der Waals surface area contributed by atoms with Crippen molar-refractivity contribution < 1.29 is 26.3 Å². The lowest BCUT2D eigenvalue weighted by atomic mass is 10.0. The molecule has 0 saturated heterocycles. The summed E-state index contributed by atoms with van der Waals surface area (Å²) in [5.74, 6) is 0. The first-order valence-corrected chi connectivity index (χ1v) is 5.49. The van der Waals surface area contributed by atoms with Crippen LogP contribution >= 0.6 is 15.9 Å². The van der Waals surface area contributed by atoms with Gasteiger partial charge in [-0.15, -0.1) is 0 Å². The third kappa shape index (κ3) is 4.16. The Hall–Kier alpha value is -0.760. The molecule has 0 fully saturated rings. The van der Waals surface area contributed by atoms with Crippen LogP contribution < -0.4 is 5.73 Å². The summed E-state index contributed by atoms with van der Waals surface area (Å²) in [6.45, 7) is 0. The van der Waals surface area contributed by atoms with Crippen molar-refractivity contribution in [1.29, 1.82) is 0 Å². The zero-order chi connectivity index (χ0) is 14.1. The van der Waals surface area contributed by atoms with E-state index >= 15 is 0 Å². The molecule has 0 aliphatic carbocycles. The van der Waals surface area contributed by atoms with Gasteiger partial charge in [0.05, 0.1) is 12.0 Å². The van der Waals surface area contributed by atoms with Crippen LogP contribution in [0.3, 0.4) is 0 Å². The van der Waals surface area contributed by atoms with Gasteiger partial charge in [0.1, 0.15) is 0 Å². The predicted molar refractivity (Wildman–Crippen MR) is 56.7 cm³/mol. The molecule has 1 rings (SSSR count). The van der Waals surface area contributed by atoms with Crippen molar-refractivity contribution in [3.8, 4) is 0 Å². The van der Waals surface area contributed by atoms with Crippen molar-refractivity contribution in [2.45, 2.75) is 24.8 Å². The summed E-state index contributed by atoms with van der Waals surface area (Å²) in [6.07, 6.45) is -10.5. The van der Waals surface area contributed by atoms with Gasteiger partial charge in [0.15, 0.2) is 0 Å². The number of hydrogen-bond acceptors (Lipinski definition) is 1. The SMILES string of the molecule is N[C@@H](CC(F)(F)F)c1cc(C(F)(F)F)ccc1Br. The standard InChI is InChI=1S/C10H8BrF6N/c11-7-2-1-5(10(15,16)17)3-6(7)8(18)4-9(12,13)14/h1-3,8H,4,18H2/t8-/m0/s1. The molecule has 2 N–H and O–H groups in total. The highest BCUT2D eigenvalue weighted by Gasteiger charge is 2.34. The highest BCUT2D eigenvalue weighted by Crippen LogP contribution is 2.36. The minimum atomic E-state index is -4.62. The summed E-state index contributed by atoms with van der Waals surface area (Å²) in [6, 6.07) is 0.893. The molecular formula is C10H8BrF6N. The maximum atomic E-state index is 12.4. The van der Waals surface area contributed by atoms with Crippen molar-refractivity contribution in [3.63, 3.8) is 0 Å². The fourth-order valence-electron chi connectivity index (χ4n) is 1.36. The average Bonchev–Trinajstić information content (AvgIpc) is 2.13. The molecule has 0 radical (unpaired) electrons. The first kappa shape index (κ1) is 15.3. The molecule has 0 bridgehead atoms. The molecule has 1 atom stereocenters. The molecule has 18 heavy (non-hydrogen) atoms. The van der Waals surface area contributed by atoms with Crippen LogP contribution in [0.5, 0.6) is 0 Å². The molecule has 1 nitrogen and oxygen atoms in total. The molecule has 0 aliphatic rings. The first-order valence-electron chi connectivity index (χ1n) is 4.69. The second kappa shape index (κ2) is 5.08. The zero-order valence-corrected chi connectivity index (χ0v) is 10.3. The molecule has 0 aliphatic heterocycles. The molecule has 102 valence electrons. The molecule has 0 amide bonds. The lowest BCUT2D eigenvalue weighted by Gasteiger charge is -2.17. The van der Waals surface area contributed by atoms with Crippen LogP contribution in [-0.2, 0) is 6.18 Å². The maximum Gasteiger partial charge on any atom is 0.416 e. The summed E-state index contributed by atoms with van der Waals surface area (Å²) in [5, 5.41) is 0. The van der Waals surface area contributed by atoms with Gasteiger partial charge < -0.3 is 5.73 Å². The monoisotopic (exact) mass is 335 g/mol. The molecule has 0 aromatic heterocycles. The molecule has 1 aromatic carbocycles. The predicted octanol–water partition coefficient (Wildman–Crippen LogP) is 4.42. The third-order valence-electron chi connectivity index (χ3n) is 2.17. The quantitative estimate of drug-likeness (QED) is 0.795. The van der Waals surface area contributed by atoms with E-state index in [0.717, 1.165) is 12.1 Å². The molecule has 8 heteroatoms. The lowest BCUT2D eigenvalue weighted by Crippen LogP contribution is -2.21. The molecule has 0 saturated carbocycles. The van der Waals surface area contributed by atoms with Gasteiger partial charge in [-0.3, -0.25) is 0 Å². The van der Waals surface area contributed by atoms with Crippen molar-refractivity contribution in [3.05, 3.63) is 33.8 Å². The molecule has 0 unspecified atom stereocenters. The van der Waals surface area contributed by atoms with E-state index in [4.69, 9.17) is 5.73 Å². The largest absolute Gasteiger partial charge is 0.416 e. The Labute approximate surface area is 107 Å². The fraction of sp³-hybridized carbons (Fsp3) is 0.400. The van der Waals surface area contributed by atoms with E-state index in [2.05, 4.69) is 15.9 Å². The first-order chi connectivity index (χ1) is 8.00. The highest BCUT2D eigenvalue weighted by molar-refractivity contribution is 9.10. The summed E-state index contributed by atoms with van der Waals surface area (Å²) in [4.78, 5) is 0. The Bertz CT molecular complexity index is 425. The van der Waals surface area contributed by atoms with Crippen molar-refractivity contribution in [1.82, 2.24) is 0 Å². The minimum Gasteiger partial charge on any atom is -0.324 e. The minimum absolute atomic E-state index is 0.118. The Morgan fingerprint density at radius 3 is 2.11 bits per heavy atom. The van der Waals surface area contributed by atoms with Crippen molar-refractivity contribution in [2.75, 3.05) is 0 Å². The van der Waals surface area contributed by atoms with Crippen LogP contribution in [0.1, 0.15) is 23.6 Å². The van der Waals surface area contributed by atoms with Gasteiger partial charge in [-0.25, -0.2) is 0 Å². The van der Waals surface area contributed by atoms with Crippen LogP contribution in [0.25, 0.3) is 0 Å². The van der Waals surface area contributed by atoms with Gasteiger partial charge in [-0.05, 0) is 23.8 Å². The van der Waals surface area contributed by atoms with Gasteiger partial charge in [0, 0.05) is 10.5 Å². The van der Waals surface area contributed by atoms with E-state index in [1.165, 1.54) is 0 Å². The second-order valence-electron chi connectivity index (χ2n) is 3.66. The van der Waals surface area contributed by atoms with Crippen LogP contribution in [-0.4, -0.2) is 6.18 Å². The Kier molecular flexibility index (Phi) is 4.32. The van der Waals surface area contributed by atoms with E-state index in [1.54, 1.807) is 0 Å². The van der Waals surface area contributed by atoms with E-state index in [0.29, 0.717) is 6.07 Å². The molecule has 0 spiro atoms.